The van der Waals surface area contributed by atoms with Crippen LogP contribution in [0.5, 0.6) is 11.5 Å². The van der Waals surface area contributed by atoms with Crippen LogP contribution < -0.4 is 20.1 Å². The van der Waals surface area contributed by atoms with Gasteiger partial charge < -0.3 is 29.7 Å². The van der Waals surface area contributed by atoms with Crippen LogP contribution in [0.4, 0.5) is 16.3 Å². The molecule has 8 nitrogen and oxygen atoms in total. The molecular formula is C27H34N4O4. The molecular weight excluding hydrogens is 444 g/mol. The fraction of sp³-hybridized carbons (Fsp3) is 0.407. The van der Waals surface area contributed by atoms with Crippen molar-refractivity contribution in [3.05, 3.63) is 42.5 Å². The summed E-state index contributed by atoms with van der Waals surface area (Å²) in [5.74, 6) is 1.98. The first-order valence-electron chi connectivity index (χ1n) is 11.9. The molecule has 1 fully saturated rings. The van der Waals surface area contributed by atoms with Gasteiger partial charge in [0.05, 0.1) is 19.7 Å². The number of nitrogen functional groups attached to an aromatic ring is 1. The Morgan fingerprint density at radius 1 is 1.00 bits per heavy atom. The van der Waals surface area contributed by atoms with Crippen LogP contribution in [0.25, 0.3) is 22.0 Å². The SMILES string of the molecule is COc1cc2nc(N3CCCN(C(=O)OC(C)(C)C)CC3)cc(N)c2c(-c2ccccc2)c1OC. The number of aromatic nitrogens is 1. The standard InChI is InChI=1S/C27H34N4O4/c1-27(2,3)35-26(32)31-13-9-12-30(14-15-31)22-16-19(28)24-20(29-22)17-21(33-4)25(34-5)23(24)18-10-7-6-8-11-18/h6-8,10-11,16-17H,9,12-15H2,1-5H3,(H2,28,29). The first kappa shape index (κ1) is 24.4. The van der Waals surface area contributed by atoms with Crippen molar-refractivity contribution in [2.45, 2.75) is 32.8 Å². The number of ether oxygens (including phenoxy) is 3. The highest BCUT2D eigenvalue weighted by Gasteiger charge is 2.26. The van der Waals surface area contributed by atoms with Gasteiger partial charge in [0.1, 0.15) is 11.4 Å². The Balaban J connectivity index is 1.71. The fourth-order valence-electron chi connectivity index (χ4n) is 4.43. The lowest BCUT2D eigenvalue weighted by Crippen LogP contribution is -2.39. The maximum absolute atomic E-state index is 12.6. The molecule has 1 amide bonds. The van der Waals surface area contributed by atoms with Crippen LogP contribution in [-0.2, 0) is 4.74 Å². The third kappa shape index (κ3) is 5.21. The van der Waals surface area contributed by atoms with Crippen LogP contribution in [0.1, 0.15) is 27.2 Å². The lowest BCUT2D eigenvalue weighted by Gasteiger charge is -2.27. The van der Waals surface area contributed by atoms with Gasteiger partial charge in [0.2, 0.25) is 0 Å². The number of methoxy groups -OCH3 is 2. The number of rotatable bonds is 4. The van der Waals surface area contributed by atoms with Gasteiger partial charge in [0.25, 0.3) is 0 Å². The van der Waals surface area contributed by atoms with Crippen LogP contribution in [-0.4, -0.2) is 62.0 Å². The Labute approximate surface area is 206 Å². The Morgan fingerprint density at radius 3 is 2.40 bits per heavy atom. The second kappa shape index (κ2) is 9.90. The van der Waals surface area contributed by atoms with E-state index >= 15 is 0 Å². The molecule has 186 valence electrons. The Hall–Kier alpha value is -3.68. The largest absolute Gasteiger partial charge is 0.493 e. The number of hydrogen-bond donors (Lipinski definition) is 1. The van der Waals surface area contributed by atoms with Gasteiger partial charge >= 0.3 is 6.09 Å². The maximum Gasteiger partial charge on any atom is 0.410 e. The number of fused-ring (bicyclic) bond motifs is 1. The van der Waals surface area contributed by atoms with Gasteiger partial charge in [-0.25, -0.2) is 9.78 Å². The maximum atomic E-state index is 12.6. The first-order chi connectivity index (χ1) is 16.7. The predicted octanol–water partition coefficient (Wildman–Crippen LogP) is 4.95. The number of hydrogen-bond acceptors (Lipinski definition) is 7. The van der Waals surface area contributed by atoms with Crippen LogP contribution in [0, 0.1) is 0 Å². The average molecular weight is 479 g/mol. The summed E-state index contributed by atoms with van der Waals surface area (Å²) >= 11 is 0. The number of amides is 1. The minimum Gasteiger partial charge on any atom is -0.493 e. The molecule has 0 unspecified atom stereocenters. The summed E-state index contributed by atoms with van der Waals surface area (Å²) in [7, 11) is 3.24. The molecule has 0 radical (unpaired) electrons. The van der Waals surface area contributed by atoms with E-state index in [0.29, 0.717) is 36.8 Å². The van der Waals surface area contributed by atoms with Gasteiger partial charge in [-0.1, -0.05) is 30.3 Å². The molecule has 1 aromatic heterocycles. The zero-order chi connectivity index (χ0) is 25.2. The Kier molecular flexibility index (Phi) is 6.91. The number of carbonyl (C=O) groups excluding carboxylic acids is 1. The third-order valence-corrected chi connectivity index (χ3v) is 5.99. The van der Waals surface area contributed by atoms with E-state index in [1.54, 1.807) is 19.1 Å². The van der Waals surface area contributed by atoms with Crippen LogP contribution in [0.3, 0.4) is 0 Å². The molecule has 4 rings (SSSR count). The summed E-state index contributed by atoms with van der Waals surface area (Å²) in [6, 6.07) is 13.7. The van der Waals surface area contributed by atoms with E-state index in [1.807, 2.05) is 63.2 Å². The first-order valence-corrected chi connectivity index (χ1v) is 11.9. The molecule has 0 spiro atoms. The van der Waals surface area contributed by atoms with E-state index in [4.69, 9.17) is 24.9 Å². The van der Waals surface area contributed by atoms with E-state index in [-0.39, 0.29) is 6.09 Å². The van der Waals surface area contributed by atoms with Crippen LogP contribution >= 0.6 is 0 Å². The number of anilines is 2. The van der Waals surface area contributed by atoms with Gasteiger partial charge in [0, 0.05) is 54.9 Å². The highest BCUT2D eigenvalue weighted by Crippen LogP contribution is 2.46. The van der Waals surface area contributed by atoms with Crippen molar-refractivity contribution in [1.29, 1.82) is 0 Å². The zero-order valence-corrected chi connectivity index (χ0v) is 21.1. The van der Waals surface area contributed by atoms with E-state index < -0.39 is 5.60 Å². The van der Waals surface area contributed by atoms with Crippen LogP contribution in [0.15, 0.2) is 42.5 Å². The second-order valence-corrected chi connectivity index (χ2v) is 9.62. The molecule has 0 atom stereocenters. The lowest BCUT2D eigenvalue weighted by molar-refractivity contribution is 0.0263. The van der Waals surface area contributed by atoms with Crippen molar-refractivity contribution in [1.82, 2.24) is 9.88 Å². The summed E-state index contributed by atoms with van der Waals surface area (Å²) in [5.41, 5.74) is 9.29. The molecule has 2 N–H and O–H groups in total. The summed E-state index contributed by atoms with van der Waals surface area (Å²) in [6.45, 7) is 8.22. The Bertz CT molecular complexity index is 1210. The molecule has 0 aliphatic carbocycles. The van der Waals surface area contributed by atoms with E-state index in [9.17, 15) is 4.79 Å². The smallest absolute Gasteiger partial charge is 0.410 e. The number of pyridine rings is 1. The van der Waals surface area contributed by atoms with Crippen molar-refractivity contribution in [3.63, 3.8) is 0 Å². The predicted molar refractivity (Wildman–Crippen MR) is 139 cm³/mol. The molecule has 8 heteroatoms. The third-order valence-electron chi connectivity index (χ3n) is 5.99. The summed E-state index contributed by atoms with van der Waals surface area (Å²) in [6.07, 6.45) is 0.523. The quantitative estimate of drug-likeness (QED) is 0.567. The van der Waals surface area contributed by atoms with Crippen molar-refractivity contribution in [2.75, 3.05) is 51.0 Å². The molecule has 0 saturated carbocycles. The van der Waals surface area contributed by atoms with Gasteiger partial charge in [-0.3, -0.25) is 0 Å². The van der Waals surface area contributed by atoms with Gasteiger partial charge in [-0.05, 0) is 32.8 Å². The minimum absolute atomic E-state index is 0.283. The van der Waals surface area contributed by atoms with Gasteiger partial charge in [0.15, 0.2) is 11.5 Å². The molecule has 2 aromatic carbocycles. The van der Waals surface area contributed by atoms with E-state index in [1.165, 1.54) is 0 Å². The molecule has 1 saturated heterocycles. The summed E-state index contributed by atoms with van der Waals surface area (Å²) < 4.78 is 17.0. The topological polar surface area (TPSA) is 90.2 Å². The van der Waals surface area contributed by atoms with Crippen molar-refractivity contribution in [2.24, 2.45) is 0 Å². The van der Waals surface area contributed by atoms with Crippen molar-refractivity contribution < 1.29 is 19.0 Å². The number of nitrogens with two attached hydrogens (primary N) is 1. The molecule has 1 aliphatic heterocycles. The lowest BCUT2D eigenvalue weighted by atomic mass is 9.97. The Morgan fingerprint density at radius 2 is 1.74 bits per heavy atom. The molecule has 0 bridgehead atoms. The average Bonchev–Trinajstić information content (AvgIpc) is 3.08. The van der Waals surface area contributed by atoms with Crippen molar-refractivity contribution in [3.8, 4) is 22.6 Å². The highest BCUT2D eigenvalue weighted by molar-refractivity contribution is 6.07. The monoisotopic (exact) mass is 478 g/mol. The molecule has 1 aliphatic rings. The second-order valence-electron chi connectivity index (χ2n) is 9.62. The van der Waals surface area contributed by atoms with Gasteiger partial charge in [-0.15, -0.1) is 0 Å². The fourth-order valence-corrected chi connectivity index (χ4v) is 4.43. The number of carbonyl (C=O) groups is 1. The summed E-state index contributed by atoms with van der Waals surface area (Å²) in [5, 5.41) is 0.822. The molecule has 2 heterocycles. The van der Waals surface area contributed by atoms with Gasteiger partial charge in [-0.2, -0.15) is 0 Å². The number of nitrogens with zero attached hydrogens (tertiary/aromatic N) is 3. The van der Waals surface area contributed by atoms with E-state index in [0.717, 1.165) is 40.8 Å². The van der Waals surface area contributed by atoms with E-state index in [2.05, 4.69) is 4.90 Å². The van der Waals surface area contributed by atoms with Crippen molar-refractivity contribution >= 4 is 28.5 Å². The normalized spacial score (nSPS) is 14.5. The molecule has 3 aromatic rings. The minimum atomic E-state index is -0.520. The number of benzene rings is 2. The molecule has 35 heavy (non-hydrogen) atoms. The zero-order valence-electron chi connectivity index (χ0n) is 21.1. The summed E-state index contributed by atoms with van der Waals surface area (Å²) in [4.78, 5) is 21.5. The van der Waals surface area contributed by atoms with Crippen LogP contribution in [0.2, 0.25) is 0 Å². The highest BCUT2D eigenvalue weighted by atomic mass is 16.6.